The van der Waals surface area contributed by atoms with Gasteiger partial charge in [0, 0.05) is 6.54 Å². The van der Waals surface area contributed by atoms with Crippen LogP contribution in [0.15, 0.2) is 18.2 Å². The van der Waals surface area contributed by atoms with Gasteiger partial charge in [-0.15, -0.1) is 11.3 Å². The lowest BCUT2D eigenvalue weighted by Crippen LogP contribution is -2.41. The molecule has 3 rings (SSSR count). The first-order valence-electron chi connectivity index (χ1n) is 7.86. The molecule has 1 atom stereocenters. The number of aromatic nitrogens is 1. The van der Waals surface area contributed by atoms with Crippen molar-refractivity contribution >= 4 is 39.7 Å². The first-order valence-corrected chi connectivity index (χ1v) is 9.09. The number of likely N-dealkylation sites (tertiary alicyclic amines) is 1. The van der Waals surface area contributed by atoms with Crippen molar-refractivity contribution in [2.45, 2.75) is 26.4 Å². The van der Waals surface area contributed by atoms with Crippen LogP contribution in [0.2, 0.25) is 0 Å². The van der Waals surface area contributed by atoms with Gasteiger partial charge in [0.05, 0.1) is 29.4 Å². The fraction of sp³-hybridized carbons (Fsp3) is 0.500. The molecule has 2 N–H and O–H groups in total. The maximum absolute atomic E-state index is 11.4. The van der Waals surface area contributed by atoms with Gasteiger partial charge in [-0.05, 0) is 56.7 Å². The molecular weight excluding hydrogens is 330 g/mol. The minimum absolute atomic E-state index is 0.0487. The van der Waals surface area contributed by atoms with Crippen LogP contribution < -0.4 is 10.5 Å². The van der Waals surface area contributed by atoms with E-state index in [9.17, 15) is 4.79 Å². The number of piperidine rings is 1. The molecule has 0 spiro atoms. The zero-order valence-corrected chi connectivity index (χ0v) is 14.8. The van der Waals surface area contributed by atoms with Gasteiger partial charge in [-0.2, -0.15) is 0 Å². The van der Waals surface area contributed by atoms with Gasteiger partial charge in [0.2, 0.25) is 5.91 Å². The topological polar surface area (TPSA) is 60.5 Å². The summed E-state index contributed by atoms with van der Waals surface area (Å²) in [4.78, 5) is 13.7. The van der Waals surface area contributed by atoms with Crippen molar-refractivity contribution in [3.05, 3.63) is 22.2 Å². The van der Waals surface area contributed by atoms with Crippen LogP contribution in [0.1, 0.15) is 19.8 Å². The Morgan fingerprint density at radius 2 is 2.35 bits per heavy atom. The smallest absolute Gasteiger partial charge is 0.221 e. The van der Waals surface area contributed by atoms with Crippen molar-refractivity contribution in [1.82, 2.24) is 9.47 Å². The molecule has 1 aliphatic heterocycles. The lowest BCUT2D eigenvalue weighted by Gasteiger charge is -2.31. The van der Waals surface area contributed by atoms with Crippen molar-refractivity contribution < 1.29 is 9.53 Å². The second-order valence-electron chi connectivity index (χ2n) is 5.82. The minimum atomic E-state index is -0.199. The van der Waals surface area contributed by atoms with Crippen LogP contribution in [0.5, 0.6) is 5.75 Å². The summed E-state index contributed by atoms with van der Waals surface area (Å²) in [6.07, 6.45) is 1.89. The van der Waals surface area contributed by atoms with Gasteiger partial charge in [-0.1, -0.05) is 0 Å². The molecule has 0 radical (unpaired) electrons. The second kappa shape index (κ2) is 6.98. The molecule has 1 amide bonds. The molecule has 1 unspecified atom stereocenters. The summed E-state index contributed by atoms with van der Waals surface area (Å²) < 4.78 is 9.66. The Morgan fingerprint density at radius 1 is 1.52 bits per heavy atom. The average Bonchev–Trinajstić information content (AvgIpc) is 2.83. The Bertz CT molecular complexity index is 768. The van der Waals surface area contributed by atoms with Crippen LogP contribution in [0.4, 0.5) is 0 Å². The molecule has 7 heteroatoms. The van der Waals surface area contributed by atoms with Crippen LogP contribution in [0, 0.1) is 9.87 Å². The quantitative estimate of drug-likeness (QED) is 0.841. The van der Waals surface area contributed by atoms with E-state index in [0.29, 0.717) is 19.8 Å². The number of nitrogens with two attached hydrogens (primary N) is 1. The number of primary amides is 1. The van der Waals surface area contributed by atoms with Crippen molar-refractivity contribution in [2.24, 2.45) is 11.7 Å². The predicted molar refractivity (Wildman–Crippen MR) is 95.3 cm³/mol. The fourth-order valence-electron chi connectivity index (χ4n) is 3.05. The number of benzene rings is 1. The third-order valence-electron chi connectivity index (χ3n) is 4.20. The number of rotatable bonds is 5. The first kappa shape index (κ1) is 16.4. The number of hydrogen-bond acceptors (Lipinski definition) is 5. The molecule has 0 aliphatic carbocycles. The molecule has 1 aromatic carbocycles. The predicted octanol–water partition coefficient (Wildman–Crippen LogP) is 2.99. The lowest BCUT2D eigenvalue weighted by molar-refractivity contribution is -0.123. The summed E-state index contributed by atoms with van der Waals surface area (Å²) in [5.41, 5.74) is 6.58. The van der Waals surface area contributed by atoms with E-state index in [4.69, 9.17) is 22.7 Å². The molecule has 0 bridgehead atoms. The number of ether oxygens (including phenoxy) is 1. The second-order valence-corrected chi connectivity index (χ2v) is 7.49. The number of amides is 1. The lowest BCUT2D eigenvalue weighted by atomic mass is 9.98. The molecule has 1 aromatic heterocycles. The Morgan fingerprint density at radius 3 is 3.09 bits per heavy atom. The highest BCUT2D eigenvalue weighted by molar-refractivity contribution is 7.73. The monoisotopic (exact) mass is 351 g/mol. The standard InChI is InChI=1S/C16H21N3O2S2/c1-2-21-12-5-6-13-14(8-12)23-16(22)19(13)10-18-7-3-4-11(9-18)15(17)20/h5-6,8,11H,2-4,7,9-10H2,1H3,(H2,17,20). The average molecular weight is 351 g/mol. The van der Waals surface area contributed by atoms with Crippen molar-refractivity contribution in [2.75, 3.05) is 19.7 Å². The molecule has 1 aliphatic rings. The van der Waals surface area contributed by atoms with Gasteiger partial charge in [0.1, 0.15) is 5.75 Å². The number of hydrogen-bond donors (Lipinski definition) is 1. The van der Waals surface area contributed by atoms with E-state index in [1.165, 1.54) is 0 Å². The van der Waals surface area contributed by atoms with Gasteiger partial charge in [0.25, 0.3) is 0 Å². The Balaban J connectivity index is 1.83. The third kappa shape index (κ3) is 3.57. The fourth-order valence-corrected chi connectivity index (χ4v) is 4.39. The van der Waals surface area contributed by atoms with Crippen LogP contribution in [0.3, 0.4) is 0 Å². The van der Waals surface area contributed by atoms with Crippen molar-refractivity contribution in [3.8, 4) is 5.75 Å². The zero-order valence-electron chi connectivity index (χ0n) is 13.2. The highest BCUT2D eigenvalue weighted by Gasteiger charge is 2.24. The summed E-state index contributed by atoms with van der Waals surface area (Å²) in [6.45, 7) is 5.02. The Labute approximate surface area is 144 Å². The maximum Gasteiger partial charge on any atom is 0.221 e. The SMILES string of the molecule is CCOc1ccc2c(c1)sc(=S)n2CN1CCCC(C(N)=O)C1. The summed E-state index contributed by atoms with van der Waals surface area (Å²) >= 11 is 7.13. The first-order chi connectivity index (χ1) is 11.1. The highest BCUT2D eigenvalue weighted by atomic mass is 32.1. The van der Waals surface area contributed by atoms with E-state index in [1.54, 1.807) is 11.3 Å². The molecule has 2 aromatic rings. The van der Waals surface area contributed by atoms with Gasteiger partial charge in [-0.25, -0.2) is 0 Å². The van der Waals surface area contributed by atoms with E-state index in [-0.39, 0.29) is 11.8 Å². The molecule has 23 heavy (non-hydrogen) atoms. The molecule has 0 saturated carbocycles. The van der Waals surface area contributed by atoms with E-state index >= 15 is 0 Å². The van der Waals surface area contributed by atoms with Gasteiger partial charge < -0.3 is 15.0 Å². The maximum atomic E-state index is 11.4. The van der Waals surface area contributed by atoms with E-state index in [1.807, 2.05) is 19.1 Å². The van der Waals surface area contributed by atoms with Crippen molar-refractivity contribution in [3.63, 3.8) is 0 Å². The highest BCUT2D eigenvalue weighted by Crippen LogP contribution is 2.28. The van der Waals surface area contributed by atoms with Crippen LogP contribution >= 0.6 is 23.6 Å². The number of carbonyl (C=O) groups excluding carboxylic acids is 1. The summed E-state index contributed by atoms with van der Waals surface area (Å²) in [5.74, 6) is 0.623. The minimum Gasteiger partial charge on any atom is -0.494 e. The summed E-state index contributed by atoms with van der Waals surface area (Å²) in [6, 6.07) is 6.08. The number of fused-ring (bicyclic) bond motifs is 1. The molecule has 1 fully saturated rings. The van der Waals surface area contributed by atoms with Gasteiger partial charge in [-0.3, -0.25) is 9.69 Å². The zero-order chi connectivity index (χ0) is 16.4. The largest absolute Gasteiger partial charge is 0.494 e. The number of thiazole rings is 1. The Kier molecular flexibility index (Phi) is 4.99. The van der Waals surface area contributed by atoms with Crippen molar-refractivity contribution in [1.29, 1.82) is 0 Å². The molecule has 124 valence electrons. The van der Waals surface area contributed by atoms with Gasteiger partial charge in [0.15, 0.2) is 3.95 Å². The Hall–Kier alpha value is -1.44. The van der Waals surface area contributed by atoms with Crippen LogP contribution in [0.25, 0.3) is 10.2 Å². The summed E-state index contributed by atoms with van der Waals surface area (Å²) in [5, 5.41) is 0. The van der Waals surface area contributed by atoms with Gasteiger partial charge >= 0.3 is 0 Å². The summed E-state index contributed by atoms with van der Waals surface area (Å²) in [7, 11) is 0. The van der Waals surface area contributed by atoms with E-state index in [2.05, 4.69) is 15.5 Å². The number of carbonyl (C=O) groups is 1. The molecule has 1 saturated heterocycles. The van der Waals surface area contributed by atoms with Crippen LogP contribution in [-0.2, 0) is 11.5 Å². The molecule has 2 heterocycles. The van der Waals surface area contributed by atoms with E-state index in [0.717, 1.165) is 39.3 Å². The third-order valence-corrected chi connectivity index (χ3v) is 5.61. The normalized spacial score (nSPS) is 19.1. The molecule has 5 nitrogen and oxygen atoms in total. The van der Waals surface area contributed by atoms with Crippen LogP contribution in [-0.4, -0.2) is 35.1 Å². The number of nitrogens with zero attached hydrogens (tertiary/aromatic N) is 2. The van der Waals surface area contributed by atoms with E-state index < -0.39 is 0 Å². The molecular formula is C16H21N3O2S2.